The molecule has 1 aromatic heterocycles. The van der Waals surface area contributed by atoms with Gasteiger partial charge in [0.05, 0.1) is 14.9 Å². The number of carbonyl (C=O) groups excluding carboxylic acids is 1. The van der Waals surface area contributed by atoms with E-state index in [1.54, 1.807) is 0 Å². The Bertz CT molecular complexity index is 305. The van der Waals surface area contributed by atoms with Crippen molar-refractivity contribution in [1.29, 1.82) is 0 Å². The molecule has 0 bridgehead atoms. The van der Waals surface area contributed by atoms with Gasteiger partial charge in [0.25, 0.3) is 0 Å². The van der Waals surface area contributed by atoms with Gasteiger partial charge in [0.15, 0.2) is 5.78 Å². The molecule has 11 heavy (non-hydrogen) atoms. The molecule has 0 aliphatic carbocycles. The van der Waals surface area contributed by atoms with Crippen molar-refractivity contribution in [2.24, 2.45) is 0 Å². The molecule has 0 saturated carbocycles. The molecule has 0 N–H and O–H groups in total. The molecule has 0 aliphatic rings. The maximum atomic E-state index is 10.8. The Kier molecular flexibility index (Phi) is 2.81. The first kappa shape index (κ1) is 9.33. The Morgan fingerprint density at radius 1 is 1.27 bits per heavy atom. The van der Waals surface area contributed by atoms with Gasteiger partial charge in [-0.05, 0) is 0 Å². The summed E-state index contributed by atoms with van der Waals surface area (Å²) in [7, 11) is 0. The van der Waals surface area contributed by atoms with Crippen molar-refractivity contribution in [3.05, 3.63) is 19.3 Å². The van der Waals surface area contributed by atoms with Crippen LogP contribution in [0.5, 0.6) is 0 Å². The molecule has 1 aromatic rings. The van der Waals surface area contributed by atoms with Crippen molar-refractivity contribution in [2.45, 2.75) is 6.92 Å². The van der Waals surface area contributed by atoms with E-state index in [2.05, 4.69) is 0 Å². The number of thiophene rings is 1. The van der Waals surface area contributed by atoms with Crippen LogP contribution in [0.15, 0.2) is 0 Å². The number of carbonyl (C=O) groups is 1. The maximum Gasteiger partial charge on any atom is 0.171 e. The third kappa shape index (κ3) is 1.70. The predicted octanol–water partition coefficient (Wildman–Crippen LogP) is 3.91. The molecule has 0 aliphatic heterocycles. The van der Waals surface area contributed by atoms with E-state index < -0.39 is 0 Å². The molecule has 1 rings (SSSR count). The van der Waals surface area contributed by atoms with Crippen LogP contribution in [0.4, 0.5) is 0 Å². The minimum atomic E-state index is -0.117. The fraction of sp³-hybridized carbons (Fsp3) is 0.167. The summed E-state index contributed by atoms with van der Waals surface area (Å²) in [6.45, 7) is 1.42. The van der Waals surface area contributed by atoms with E-state index in [-0.39, 0.29) is 15.8 Å². The quantitative estimate of drug-likeness (QED) is 0.667. The van der Waals surface area contributed by atoms with Gasteiger partial charge in [-0.1, -0.05) is 34.8 Å². The van der Waals surface area contributed by atoms with Crippen LogP contribution in [-0.4, -0.2) is 5.78 Å². The zero-order chi connectivity index (χ0) is 8.59. The summed E-state index contributed by atoms with van der Waals surface area (Å²) in [5.41, 5.74) is 0. The number of hydrogen-bond donors (Lipinski definition) is 0. The van der Waals surface area contributed by atoms with Crippen LogP contribution >= 0.6 is 46.1 Å². The number of ketones is 1. The highest BCUT2D eigenvalue weighted by molar-refractivity contribution is 7.19. The zero-order valence-electron chi connectivity index (χ0n) is 5.45. The Balaban J connectivity index is 3.29. The predicted molar refractivity (Wildman–Crippen MR) is 49.4 cm³/mol. The van der Waals surface area contributed by atoms with Gasteiger partial charge >= 0.3 is 0 Å². The normalized spacial score (nSPS) is 10.2. The van der Waals surface area contributed by atoms with Crippen LogP contribution in [0, 0.1) is 0 Å². The number of hydrogen-bond acceptors (Lipinski definition) is 2. The first-order valence-electron chi connectivity index (χ1n) is 2.68. The van der Waals surface area contributed by atoms with Crippen LogP contribution in [0.1, 0.15) is 16.6 Å². The van der Waals surface area contributed by atoms with Crippen molar-refractivity contribution >= 4 is 51.9 Å². The molecule has 1 heterocycles. The summed E-state index contributed by atoms with van der Waals surface area (Å²) < 4.78 is 0.363. The van der Waals surface area contributed by atoms with Crippen LogP contribution in [0.2, 0.25) is 14.4 Å². The molecule has 0 radical (unpaired) electrons. The van der Waals surface area contributed by atoms with E-state index in [0.717, 1.165) is 11.3 Å². The van der Waals surface area contributed by atoms with Crippen molar-refractivity contribution < 1.29 is 4.79 Å². The van der Waals surface area contributed by atoms with Crippen LogP contribution in [0.3, 0.4) is 0 Å². The maximum absolute atomic E-state index is 10.8. The van der Waals surface area contributed by atoms with Gasteiger partial charge in [0.2, 0.25) is 0 Å². The fourth-order valence-corrected chi connectivity index (χ4v) is 2.34. The molecule has 0 atom stereocenters. The summed E-state index contributed by atoms with van der Waals surface area (Å²) in [5, 5.41) is 0.526. The Labute approximate surface area is 82.9 Å². The van der Waals surface area contributed by atoms with Gasteiger partial charge in [-0.2, -0.15) is 0 Å². The standard InChI is InChI=1S/C6H3Cl3OS/c1-2(10)5-3(7)4(8)6(9)11-5/h1H3. The van der Waals surface area contributed by atoms with Crippen LogP contribution < -0.4 is 0 Å². The minimum absolute atomic E-state index is 0.117. The van der Waals surface area contributed by atoms with Gasteiger partial charge < -0.3 is 0 Å². The lowest BCUT2D eigenvalue weighted by atomic mass is 10.3. The van der Waals surface area contributed by atoms with Crippen molar-refractivity contribution in [3.8, 4) is 0 Å². The molecule has 0 unspecified atom stereocenters. The second-order valence-electron chi connectivity index (χ2n) is 1.89. The molecule has 1 nitrogen and oxygen atoms in total. The molecule has 0 fully saturated rings. The van der Waals surface area contributed by atoms with Crippen molar-refractivity contribution in [2.75, 3.05) is 0 Å². The topological polar surface area (TPSA) is 17.1 Å². The summed E-state index contributed by atoms with van der Waals surface area (Å²) in [6, 6.07) is 0. The summed E-state index contributed by atoms with van der Waals surface area (Å²) in [6.07, 6.45) is 0. The largest absolute Gasteiger partial charge is 0.294 e. The van der Waals surface area contributed by atoms with Crippen molar-refractivity contribution in [3.63, 3.8) is 0 Å². The van der Waals surface area contributed by atoms with E-state index in [0.29, 0.717) is 9.21 Å². The molecule has 0 aromatic carbocycles. The Hall–Kier alpha value is 0.240. The monoisotopic (exact) mass is 228 g/mol. The van der Waals surface area contributed by atoms with Crippen LogP contribution in [-0.2, 0) is 0 Å². The molecular weight excluding hydrogens is 226 g/mol. The number of rotatable bonds is 1. The zero-order valence-corrected chi connectivity index (χ0v) is 8.53. The van der Waals surface area contributed by atoms with E-state index in [9.17, 15) is 4.79 Å². The van der Waals surface area contributed by atoms with E-state index in [1.807, 2.05) is 0 Å². The second-order valence-corrected chi connectivity index (χ2v) is 4.27. The number of halogens is 3. The van der Waals surface area contributed by atoms with Crippen molar-refractivity contribution in [1.82, 2.24) is 0 Å². The first-order chi connectivity index (χ1) is 5.04. The second kappa shape index (κ2) is 3.31. The van der Waals surface area contributed by atoms with Gasteiger partial charge in [-0.15, -0.1) is 11.3 Å². The summed E-state index contributed by atoms with van der Waals surface area (Å²) in [4.78, 5) is 11.3. The van der Waals surface area contributed by atoms with Gasteiger partial charge in [-0.3, -0.25) is 4.79 Å². The average Bonchev–Trinajstić information content (AvgIpc) is 2.17. The van der Waals surface area contributed by atoms with E-state index in [4.69, 9.17) is 34.8 Å². The van der Waals surface area contributed by atoms with Crippen LogP contribution in [0.25, 0.3) is 0 Å². The molecule has 0 saturated heterocycles. The number of Topliss-reactive ketones (excluding diaryl/α,β-unsaturated/α-hetero) is 1. The molecule has 5 heteroatoms. The SMILES string of the molecule is CC(=O)c1sc(Cl)c(Cl)c1Cl. The molecule has 0 spiro atoms. The molecule has 0 amide bonds. The van der Waals surface area contributed by atoms with Gasteiger partial charge in [0.1, 0.15) is 4.34 Å². The average molecular weight is 230 g/mol. The lowest BCUT2D eigenvalue weighted by molar-refractivity contribution is 0.102. The highest BCUT2D eigenvalue weighted by atomic mass is 35.5. The summed E-state index contributed by atoms with van der Waals surface area (Å²) >= 11 is 18.0. The lowest BCUT2D eigenvalue weighted by Crippen LogP contribution is -1.85. The summed E-state index contributed by atoms with van der Waals surface area (Å²) in [5.74, 6) is -0.117. The highest BCUT2D eigenvalue weighted by Crippen LogP contribution is 2.40. The van der Waals surface area contributed by atoms with E-state index >= 15 is 0 Å². The fourth-order valence-electron chi connectivity index (χ4n) is 0.592. The highest BCUT2D eigenvalue weighted by Gasteiger charge is 2.16. The third-order valence-electron chi connectivity index (χ3n) is 1.08. The van der Waals surface area contributed by atoms with Gasteiger partial charge in [-0.25, -0.2) is 0 Å². The first-order valence-corrected chi connectivity index (χ1v) is 4.63. The Morgan fingerprint density at radius 2 is 1.82 bits per heavy atom. The van der Waals surface area contributed by atoms with Gasteiger partial charge in [0, 0.05) is 6.92 Å². The smallest absolute Gasteiger partial charge is 0.171 e. The van der Waals surface area contributed by atoms with E-state index in [1.165, 1.54) is 6.92 Å². The molecule has 60 valence electrons. The molecular formula is C6H3Cl3OS. The minimum Gasteiger partial charge on any atom is -0.294 e. The lowest BCUT2D eigenvalue weighted by Gasteiger charge is -1.87. The third-order valence-corrected chi connectivity index (χ3v) is 3.75. The Morgan fingerprint density at radius 3 is 2.00 bits per heavy atom.